The lowest BCUT2D eigenvalue weighted by molar-refractivity contribution is -0.278. The van der Waals surface area contributed by atoms with Gasteiger partial charge in [0, 0.05) is 49.0 Å². The molecule has 3 fully saturated rings. The van der Waals surface area contributed by atoms with Crippen molar-refractivity contribution < 1.29 is 34.1 Å². The zero-order valence-electron chi connectivity index (χ0n) is 32.8. The van der Waals surface area contributed by atoms with E-state index < -0.39 is 12.3 Å². The lowest BCUT2D eigenvalue weighted by Crippen LogP contribution is -2.61. The predicted octanol–water partition coefficient (Wildman–Crippen LogP) is 7.45. The molecule has 1 saturated carbocycles. The van der Waals surface area contributed by atoms with E-state index in [1.165, 1.54) is 19.3 Å². The molecular formula is C45H59N3O7. The molecule has 0 spiro atoms. The fraction of sp³-hybridized carbons (Fsp3) is 0.533. The summed E-state index contributed by atoms with van der Waals surface area (Å²) in [5.41, 5.74) is 5.33. The number of carbonyl (C=O) groups excluding carboxylic acids is 2. The molecule has 0 unspecified atom stereocenters. The Bertz CT molecular complexity index is 1770. The van der Waals surface area contributed by atoms with Gasteiger partial charge < -0.3 is 30.3 Å². The number of benzene rings is 3. The SMILES string of the molecule is C[C@@H]1[C@H](CN2[C@@H](C(=O)NC(C)(C)C)CC[C@H]3CCCC[C@H]32)O[C@H](c2cccc(-c3cccc(CNC(=O)CCCC(=O)O)c3)c2)O[C@@H]1c1ccc(CO)cc1. The molecule has 0 aromatic heterocycles. The summed E-state index contributed by atoms with van der Waals surface area (Å²) in [4.78, 5) is 39.5. The van der Waals surface area contributed by atoms with Gasteiger partial charge in [-0.3, -0.25) is 19.3 Å². The standard InChI is InChI=1S/C45H59N3O7/c1-29-39(27-48-37-15-6-5-11-32(37)22-23-38(48)43(53)47-45(2,3)4)54-44(55-42(29)33-20-18-30(28-49)19-21-33)36-14-8-13-35(25-36)34-12-7-10-31(24-34)26-46-40(50)16-9-17-41(51)52/h7-8,10,12-14,18-21,24-25,29,32,37-39,42,44,49H,5-6,9,11,15-17,22-23,26-28H2,1-4H3,(H,46,50)(H,47,53)(H,51,52)/t29-,32-,37-,38-,39+,42+,44+/m1/s1. The van der Waals surface area contributed by atoms with E-state index in [1.807, 2.05) is 75.4 Å². The molecule has 2 aliphatic heterocycles. The highest BCUT2D eigenvalue weighted by Gasteiger charge is 2.46. The summed E-state index contributed by atoms with van der Waals surface area (Å²) in [6.45, 7) is 9.24. The van der Waals surface area contributed by atoms with E-state index in [0.717, 1.165) is 52.6 Å². The Morgan fingerprint density at radius 3 is 2.29 bits per heavy atom. The average Bonchev–Trinajstić information content (AvgIpc) is 3.17. The van der Waals surface area contributed by atoms with Crippen molar-refractivity contribution in [3.8, 4) is 11.1 Å². The molecule has 0 radical (unpaired) electrons. The number of hydrogen-bond acceptors (Lipinski definition) is 7. The van der Waals surface area contributed by atoms with Gasteiger partial charge in [-0.1, -0.05) is 80.4 Å². The number of rotatable bonds is 13. The first-order chi connectivity index (χ1) is 26.4. The summed E-state index contributed by atoms with van der Waals surface area (Å²) in [5.74, 6) is -0.424. The maximum absolute atomic E-state index is 13.9. The normalized spacial score (nSPS) is 25.8. The van der Waals surface area contributed by atoms with E-state index in [4.69, 9.17) is 14.6 Å². The molecular weight excluding hydrogens is 695 g/mol. The monoisotopic (exact) mass is 753 g/mol. The van der Waals surface area contributed by atoms with Gasteiger partial charge in [0.15, 0.2) is 6.29 Å². The van der Waals surface area contributed by atoms with Gasteiger partial charge in [-0.2, -0.15) is 0 Å². The van der Waals surface area contributed by atoms with E-state index in [1.54, 1.807) is 0 Å². The second-order valence-corrected chi connectivity index (χ2v) is 16.8. The summed E-state index contributed by atoms with van der Waals surface area (Å²) < 4.78 is 13.9. The largest absolute Gasteiger partial charge is 0.481 e. The Balaban J connectivity index is 1.26. The van der Waals surface area contributed by atoms with Crippen LogP contribution in [0.25, 0.3) is 11.1 Å². The number of carboxylic acids is 1. The first-order valence-electron chi connectivity index (χ1n) is 20.1. The minimum absolute atomic E-state index is 0.0225. The first-order valence-corrected chi connectivity index (χ1v) is 20.1. The molecule has 1 aliphatic carbocycles. The van der Waals surface area contributed by atoms with Crippen LogP contribution >= 0.6 is 0 Å². The molecule has 4 N–H and O–H groups in total. The van der Waals surface area contributed by atoms with Gasteiger partial charge in [-0.15, -0.1) is 0 Å². The van der Waals surface area contributed by atoms with Crippen LogP contribution in [0, 0.1) is 11.8 Å². The van der Waals surface area contributed by atoms with Crippen LogP contribution in [-0.4, -0.2) is 63.2 Å². The molecule has 0 bridgehead atoms. The van der Waals surface area contributed by atoms with Gasteiger partial charge >= 0.3 is 5.97 Å². The van der Waals surface area contributed by atoms with E-state index in [2.05, 4.69) is 40.7 Å². The van der Waals surface area contributed by atoms with Crippen molar-refractivity contribution in [2.24, 2.45) is 11.8 Å². The van der Waals surface area contributed by atoms with Crippen LogP contribution in [0.3, 0.4) is 0 Å². The number of carbonyl (C=O) groups is 3. The fourth-order valence-corrected chi connectivity index (χ4v) is 8.68. The van der Waals surface area contributed by atoms with Gasteiger partial charge in [0.1, 0.15) is 0 Å². The van der Waals surface area contributed by atoms with Crippen molar-refractivity contribution in [2.45, 2.75) is 135 Å². The lowest BCUT2D eigenvalue weighted by Gasteiger charge is -2.51. The van der Waals surface area contributed by atoms with E-state index >= 15 is 0 Å². The number of aliphatic hydroxyl groups is 1. The number of likely N-dealkylation sites (tertiary alicyclic amines) is 1. The third-order valence-electron chi connectivity index (χ3n) is 11.5. The van der Waals surface area contributed by atoms with Gasteiger partial charge in [0.05, 0.1) is 24.9 Å². The van der Waals surface area contributed by atoms with Gasteiger partial charge in [0.2, 0.25) is 11.8 Å². The minimum atomic E-state index is -0.905. The van der Waals surface area contributed by atoms with E-state index in [9.17, 15) is 19.5 Å². The highest BCUT2D eigenvalue weighted by molar-refractivity contribution is 5.82. The number of carboxylic acid groups (broad SMARTS) is 1. The Hall–Kier alpha value is -4.09. The zero-order valence-corrected chi connectivity index (χ0v) is 32.8. The second-order valence-electron chi connectivity index (χ2n) is 16.8. The third-order valence-corrected chi connectivity index (χ3v) is 11.5. The average molecular weight is 754 g/mol. The molecule has 6 rings (SSSR count). The summed E-state index contributed by atoms with van der Waals surface area (Å²) in [7, 11) is 0. The van der Waals surface area contributed by atoms with Crippen molar-refractivity contribution in [1.29, 1.82) is 0 Å². The highest BCUT2D eigenvalue weighted by Crippen LogP contribution is 2.45. The van der Waals surface area contributed by atoms with Crippen molar-refractivity contribution in [1.82, 2.24) is 15.5 Å². The minimum Gasteiger partial charge on any atom is -0.481 e. The van der Waals surface area contributed by atoms with Gasteiger partial charge in [0.25, 0.3) is 0 Å². The molecule has 2 amide bonds. The van der Waals surface area contributed by atoms with Crippen LogP contribution in [0.4, 0.5) is 0 Å². The van der Waals surface area contributed by atoms with Crippen molar-refractivity contribution >= 4 is 17.8 Å². The molecule has 2 heterocycles. The van der Waals surface area contributed by atoms with E-state index in [-0.39, 0.29) is 61.0 Å². The van der Waals surface area contributed by atoms with Gasteiger partial charge in [-0.05, 0) is 98.7 Å². The van der Waals surface area contributed by atoms with Crippen LogP contribution in [0.1, 0.15) is 120 Å². The number of amides is 2. The van der Waals surface area contributed by atoms with Crippen molar-refractivity contribution in [3.05, 3.63) is 95.1 Å². The summed E-state index contributed by atoms with van der Waals surface area (Å²) >= 11 is 0. The smallest absolute Gasteiger partial charge is 0.303 e. The Kier molecular flexibility index (Phi) is 13.5. The van der Waals surface area contributed by atoms with E-state index in [0.29, 0.717) is 31.5 Å². The number of piperidine rings is 1. The lowest BCUT2D eigenvalue weighted by atomic mass is 9.75. The number of nitrogens with one attached hydrogen (secondary N) is 2. The predicted molar refractivity (Wildman–Crippen MR) is 212 cm³/mol. The molecule has 10 nitrogen and oxygen atoms in total. The topological polar surface area (TPSA) is 137 Å². The second kappa shape index (κ2) is 18.2. The van der Waals surface area contributed by atoms with Crippen LogP contribution in [0.2, 0.25) is 0 Å². The number of fused-ring (bicyclic) bond motifs is 1. The molecule has 3 aromatic carbocycles. The molecule has 2 saturated heterocycles. The first kappa shape index (κ1) is 40.6. The number of nitrogens with zero attached hydrogens (tertiary/aromatic N) is 1. The van der Waals surface area contributed by atoms with Gasteiger partial charge in [-0.25, -0.2) is 0 Å². The Morgan fingerprint density at radius 2 is 1.56 bits per heavy atom. The number of aliphatic carboxylic acids is 1. The van der Waals surface area contributed by atoms with Crippen LogP contribution in [0.15, 0.2) is 72.8 Å². The Labute approximate surface area is 326 Å². The number of ether oxygens (including phenoxy) is 2. The molecule has 10 heteroatoms. The van der Waals surface area contributed by atoms with Crippen molar-refractivity contribution in [2.75, 3.05) is 6.54 Å². The summed E-state index contributed by atoms with van der Waals surface area (Å²) in [5, 5.41) is 24.8. The molecule has 55 heavy (non-hydrogen) atoms. The maximum atomic E-state index is 13.9. The highest BCUT2D eigenvalue weighted by atomic mass is 16.7. The summed E-state index contributed by atoms with van der Waals surface area (Å²) in [6, 6.07) is 24.3. The summed E-state index contributed by atoms with van der Waals surface area (Å²) in [6.07, 6.45) is 5.90. The molecule has 296 valence electrons. The van der Waals surface area contributed by atoms with Crippen LogP contribution < -0.4 is 10.6 Å². The number of aliphatic hydroxyl groups excluding tert-OH is 1. The van der Waals surface area contributed by atoms with Crippen LogP contribution in [-0.2, 0) is 37.0 Å². The maximum Gasteiger partial charge on any atom is 0.303 e. The molecule has 3 aliphatic rings. The fourth-order valence-electron chi connectivity index (χ4n) is 8.68. The quantitative estimate of drug-likeness (QED) is 0.141. The number of hydrogen-bond donors (Lipinski definition) is 4. The molecule has 3 aromatic rings. The Morgan fingerprint density at radius 1 is 0.836 bits per heavy atom. The third kappa shape index (κ3) is 10.6. The van der Waals surface area contributed by atoms with Crippen LogP contribution in [0.5, 0.6) is 0 Å². The molecule has 7 atom stereocenters. The zero-order chi connectivity index (χ0) is 39.1. The van der Waals surface area contributed by atoms with Crippen molar-refractivity contribution in [3.63, 3.8) is 0 Å².